The van der Waals surface area contributed by atoms with Gasteiger partial charge in [0.25, 0.3) is 0 Å². The number of benzene rings is 1. The van der Waals surface area contributed by atoms with E-state index in [0.29, 0.717) is 6.42 Å². The summed E-state index contributed by atoms with van der Waals surface area (Å²) in [5.74, 6) is 0.230. The molecule has 0 aromatic heterocycles. The van der Waals surface area contributed by atoms with Gasteiger partial charge >= 0.3 is 0 Å². The van der Waals surface area contributed by atoms with Crippen LogP contribution in [0.15, 0.2) is 24.3 Å². The molecule has 0 aliphatic heterocycles. The van der Waals surface area contributed by atoms with E-state index in [4.69, 9.17) is 5.73 Å². The molecule has 0 radical (unpaired) electrons. The molecule has 15 heavy (non-hydrogen) atoms. The van der Waals surface area contributed by atoms with Crippen LogP contribution in [0.4, 0.5) is 0 Å². The summed E-state index contributed by atoms with van der Waals surface area (Å²) in [5.41, 5.74) is 7.68. The van der Waals surface area contributed by atoms with Crippen molar-refractivity contribution < 1.29 is 4.79 Å². The Hall–Kier alpha value is -1.15. The average Bonchev–Trinajstić information content (AvgIpc) is 2.18. The highest BCUT2D eigenvalue weighted by molar-refractivity contribution is 5.97. The predicted molar refractivity (Wildman–Crippen MR) is 63.0 cm³/mol. The summed E-state index contributed by atoms with van der Waals surface area (Å²) in [6.07, 6.45) is 2.28. The zero-order chi connectivity index (χ0) is 11.3. The molecule has 0 heterocycles. The van der Waals surface area contributed by atoms with Gasteiger partial charge < -0.3 is 5.73 Å². The van der Waals surface area contributed by atoms with Crippen molar-refractivity contribution in [3.63, 3.8) is 0 Å². The number of hydrogen-bond donors (Lipinski definition) is 1. The van der Waals surface area contributed by atoms with Crippen molar-refractivity contribution in [2.24, 2.45) is 5.73 Å². The number of carbonyl (C=O) groups excluding carboxylic acids is 1. The molecule has 0 spiro atoms. The van der Waals surface area contributed by atoms with E-state index in [2.05, 4.69) is 0 Å². The van der Waals surface area contributed by atoms with Gasteiger partial charge in [-0.3, -0.25) is 4.79 Å². The summed E-state index contributed by atoms with van der Waals surface area (Å²) in [6, 6.07) is 7.86. The van der Waals surface area contributed by atoms with Gasteiger partial charge in [-0.15, -0.1) is 0 Å². The molecular weight excluding hydrogens is 186 g/mol. The summed E-state index contributed by atoms with van der Waals surface area (Å²) in [6.45, 7) is 3.98. The minimum Gasteiger partial charge on any atom is -0.328 e. The first-order valence-electron chi connectivity index (χ1n) is 5.51. The molecule has 1 unspecified atom stereocenters. The molecule has 1 atom stereocenters. The standard InChI is InChI=1S/C13H19NO/c1-3-6-13(15)12-8-5-4-7-11(12)9-10(2)14/h4-5,7-8,10H,3,6,9,14H2,1-2H3. The summed E-state index contributed by atoms with van der Waals surface area (Å²) in [4.78, 5) is 11.8. The number of rotatable bonds is 5. The molecule has 0 saturated carbocycles. The van der Waals surface area contributed by atoms with E-state index in [-0.39, 0.29) is 11.8 Å². The first kappa shape index (κ1) is 11.9. The molecular formula is C13H19NO. The lowest BCUT2D eigenvalue weighted by molar-refractivity contribution is 0.0981. The zero-order valence-electron chi connectivity index (χ0n) is 9.49. The molecule has 1 rings (SSSR count). The van der Waals surface area contributed by atoms with E-state index in [1.54, 1.807) is 0 Å². The molecule has 0 bridgehead atoms. The monoisotopic (exact) mass is 205 g/mol. The highest BCUT2D eigenvalue weighted by Crippen LogP contribution is 2.13. The molecule has 2 N–H and O–H groups in total. The van der Waals surface area contributed by atoms with E-state index in [9.17, 15) is 4.79 Å². The highest BCUT2D eigenvalue weighted by atomic mass is 16.1. The van der Waals surface area contributed by atoms with E-state index >= 15 is 0 Å². The van der Waals surface area contributed by atoms with Crippen molar-refractivity contribution >= 4 is 5.78 Å². The molecule has 1 aromatic carbocycles. The molecule has 1 aromatic rings. The van der Waals surface area contributed by atoms with Crippen molar-refractivity contribution in [1.29, 1.82) is 0 Å². The first-order chi connectivity index (χ1) is 7.15. The number of Topliss-reactive ketones (excluding diaryl/α,β-unsaturated/α-hetero) is 1. The smallest absolute Gasteiger partial charge is 0.163 e. The van der Waals surface area contributed by atoms with Crippen molar-refractivity contribution in [2.45, 2.75) is 39.2 Å². The third-order valence-electron chi connectivity index (χ3n) is 2.34. The summed E-state index contributed by atoms with van der Waals surface area (Å²) in [7, 11) is 0. The van der Waals surface area contributed by atoms with Gasteiger partial charge in [0, 0.05) is 18.0 Å². The Kier molecular flexibility index (Phi) is 4.50. The second kappa shape index (κ2) is 5.66. The van der Waals surface area contributed by atoms with Crippen molar-refractivity contribution in [2.75, 3.05) is 0 Å². The fraction of sp³-hybridized carbons (Fsp3) is 0.462. The molecule has 0 saturated heterocycles. The Bertz CT molecular complexity index is 331. The summed E-state index contributed by atoms with van der Waals surface area (Å²) in [5, 5.41) is 0. The normalized spacial score (nSPS) is 12.5. The third-order valence-corrected chi connectivity index (χ3v) is 2.34. The van der Waals surface area contributed by atoms with Crippen molar-refractivity contribution in [3.8, 4) is 0 Å². The van der Waals surface area contributed by atoms with Crippen LogP contribution in [0.1, 0.15) is 42.6 Å². The van der Waals surface area contributed by atoms with Crippen molar-refractivity contribution in [1.82, 2.24) is 0 Å². The molecule has 2 heteroatoms. The minimum absolute atomic E-state index is 0.0978. The number of ketones is 1. The van der Waals surface area contributed by atoms with Gasteiger partial charge in [-0.25, -0.2) is 0 Å². The Morgan fingerprint density at radius 2 is 2.07 bits per heavy atom. The lowest BCUT2D eigenvalue weighted by Gasteiger charge is -2.10. The van der Waals surface area contributed by atoms with Crippen LogP contribution in [0.5, 0.6) is 0 Å². The van der Waals surface area contributed by atoms with E-state index in [1.165, 1.54) is 0 Å². The lowest BCUT2D eigenvalue weighted by atomic mass is 9.96. The fourth-order valence-electron chi connectivity index (χ4n) is 1.68. The van der Waals surface area contributed by atoms with Gasteiger partial charge in [0.2, 0.25) is 0 Å². The predicted octanol–water partition coefficient (Wildman–Crippen LogP) is 2.56. The first-order valence-corrected chi connectivity index (χ1v) is 5.51. The van der Waals surface area contributed by atoms with E-state index < -0.39 is 0 Å². The van der Waals surface area contributed by atoms with Crippen LogP contribution in [0.3, 0.4) is 0 Å². The Morgan fingerprint density at radius 3 is 2.67 bits per heavy atom. The van der Waals surface area contributed by atoms with Gasteiger partial charge in [0.1, 0.15) is 0 Å². The van der Waals surface area contributed by atoms with Crippen LogP contribution in [-0.4, -0.2) is 11.8 Å². The Morgan fingerprint density at radius 1 is 1.40 bits per heavy atom. The molecule has 0 aliphatic rings. The molecule has 0 fully saturated rings. The van der Waals surface area contributed by atoms with Crippen LogP contribution in [0, 0.1) is 0 Å². The second-order valence-corrected chi connectivity index (χ2v) is 4.01. The summed E-state index contributed by atoms with van der Waals surface area (Å²) < 4.78 is 0. The minimum atomic E-state index is 0.0978. The topological polar surface area (TPSA) is 43.1 Å². The molecule has 0 amide bonds. The van der Waals surface area contributed by atoms with Gasteiger partial charge in [-0.05, 0) is 25.3 Å². The quantitative estimate of drug-likeness (QED) is 0.751. The van der Waals surface area contributed by atoms with Crippen molar-refractivity contribution in [3.05, 3.63) is 35.4 Å². The fourth-order valence-corrected chi connectivity index (χ4v) is 1.68. The largest absolute Gasteiger partial charge is 0.328 e. The van der Waals surface area contributed by atoms with Gasteiger partial charge in [0.05, 0.1) is 0 Å². The van der Waals surface area contributed by atoms with Crippen LogP contribution >= 0.6 is 0 Å². The zero-order valence-corrected chi connectivity index (χ0v) is 9.49. The van der Waals surface area contributed by atoms with Crippen LogP contribution in [-0.2, 0) is 6.42 Å². The van der Waals surface area contributed by atoms with Gasteiger partial charge in [-0.2, -0.15) is 0 Å². The van der Waals surface area contributed by atoms with E-state index in [0.717, 1.165) is 24.0 Å². The average molecular weight is 205 g/mol. The van der Waals surface area contributed by atoms with E-state index in [1.807, 2.05) is 38.1 Å². The van der Waals surface area contributed by atoms with Gasteiger partial charge in [0.15, 0.2) is 5.78 Å². The highest BCUT2D eigenvalue weighted by Gasteiger charge is 2.10. The summed E-state index contributed by atoms with van der Waals surface area (Å²) >= 11 is 0. The number of hydrogen-bond acceptors (Lipinski definition) is 2. The molecule has 2 nitrogen and oxygen atoms in total. The lowest BCUT2D eigenvalue weighted by Crippen LogP contribution is -2.19. The maximum Gasteiger partial charge on any atom is 0.163 e. The van der Waals surface area contributed by atoms with Crippen LogP contribution in [0.25, 0.3) is 0 Å². The van der Waals surface area contributed by atoms with Crippen LogP contribution in [0.2, 0.25) is 0 Å². The third kappa shape index (κ3) is 3.48. The maximum absolute atomic E-state index is 11.8. The van der Waals surface area contributed by atoms with Crippen LogP contribution < -0.4 is 5.73 Å². The maximum atomic E-state index is 11.8. The molecule has 82 valence electrons. The number of nitrogens with two attached hydrogens (primary N) is 1. The second-order valence-electron chi connectivity index (χ2n) is 4.01. The SMILES string of the molecule is CCCC(=O)c1ccccc1CC(C)N. The Labute approximate surface area is 91.5 Å². The molecule has 0 aliphatic carbocycles. The Balaban J connectivity index is 2.90. The van der Waals surface area contributed by atoms with Gasteiger partial charge in [-0.1, -0.05) is 31.2 Å². The number of carbonyl (C=O) groups is 1.